The second-order valence-electron chi connectivity index (χ2n) is 6.71. The van der Waals surface area contributed by atoms with Crippen LogP contribution >= 0.6 is 0 Å². The Labute approximate surface area is 149 Å². The number of carbonyl (C=O) groups is 2. The number of benzene rings is 1. The van der Waals surface area contributed by atoms with Crippen LogP contribution in [0.5, 0.6) is 11.5 Å². The molecule has 1 fully saturated rings. The van der Waals surface area contributed by atoms with Crippen molar-refractivity contribution in [2.45, 2.75) is 58.3 Å². The lowest BCUT2D eigenvalue weighted by Crippen LogP contribution is -2.37. The SMILES string of the molecule is CCCCCCCCOc1ccc(OC(=O)C2CC(C(=O)O)C2)cc1. The fourth-order valence-electron chi connectivity index (χ4n) is 2.89. The number of esters is 1. The van der Waals surface area contributed by atoms with Crippen molar-refractivity contribution < 1.29 is 24.2 Å². The van der Waals surface area contributed by atoms with E-state index in [0.717, 1.165) is 12.2 Å². The first-order valence-corrected chi connectivity index (χ1v) is 9.27. The van der Waals surface area contributed by atoms with Crippen LogP contribution in [0.1, 0.15) is 58.3 Å². The lowest BCUT2D eigenvalue weighted by molar-refractivity contribution is -0.152. The van der Waals surface area contributed by atoms with E-state index in [4.69, 9.17) is 14.6 Å². The van der Waals surface area contributed by atoms with Crippen LogP contribution < -0.4 is 9.47 Å². The molecular formula is C20H28O5. The number of hydrogen-bond acceptors (Lipinski definition) is 4. The monoisotopic (exact) mass is 348 g/mol. The van der Waals surface area contributed by atoms with Gasteiger partial charge in [0, 0.05) is 0 Å². The van der Waals surface area contributed by atoms with E-state index in [1.54, 1.807) is 24.3 Å². The van der Waals surface area contributed by atoms with Crippen molar-refractivity contribution in [3.8, 4) is 11.5 Å². The highest BCUT2D eigenvalue weighted by atomic mass is 16.5. The Bertz CT molecular complexity index is 546. The largest absolute Gasteiger partial charge is 0.494 e. The Kier molecular flexibility index (Phi) is 7.76. The molecule has 0 unspecified atom stereocenters. The molecule has 0 heterocycles. The van der Waals surface area contributed by atoms with Gasteiger partial charge in [0.2, 0.25) is 0 Å². The molecule has 5 heteroatoms. The summed E-state index contributed by atoms with van der Waals surface area (Å²) in [6.45, 7) is 2.91. The molecule has 25 heavy (non-hydrogen) atoms. The smallest absolute Gasteiger partial charge is 0.314 e. The van der Waals surface area contributed by atoms with Crippen molar-refractivity contribution in [2.75, 3.05) is 6.61 Å². The lowest BCUT2D eigenvalue weighted by atomic mass is 9.75. The summed E-state index contributed by atoms with van der Waals surface area (Å²) in [6, 6.07) is 7.00. The third-order valence-electron chi connectivity index (χ3n) is 4.63. The molecule has 5 nitrogen and oxygen atoms in total. The normalized spacial score (nSPS) is 19.1. The van der Waals surface area contributed by atoms with Gasteiger partial charge in [-0.25, -0.2) is 0 Å². The molecule has 1 aliphatic carbocycles. The maximum atomic E-state index is 11.9. The van der Waals surface area contributed by atoms with E-state index in [0.29, 0.717) is 25.2 Å². The summed E-state index contributed by atoms with van der Waals surface area (Å²) in [7, 11) is 0. The molecule has 0 bridgehead atoms. The molecule has 1 saturated carbocycles. The van der Waals surface area contributed by atoms with Crippen molar-refractivity contribution in [1.82, 2.24) is 0 Å². The number of ether oxygens (including phenoxy) is 2. The molecule has 1 N–H and O–H groups in total. The maximum absolute atomic E-state index is 11.9. The molecule has 2 rings (SSSR count). The summed E-state index contributed by atoms with van der Waals surface area (Å²) in [5.74, 6) is -0.659. The topological polar surface area (TPSA) is 72.8 Å². The first-order valence-electron chi connectivity index (χ1n) is 9.27. The zero-order chi connectivity index (χ0) is 18.1. The Morgan fingerprint density at radius 2 is 1.56 bits per heavy atom. The number of aliphatic carboxylic acids is 1. The number of unbranched alkanes of at least 4 members (excludes halogenated alkanes) is 5. The van der Waals surface area contributed by atoms with Crippen molar-refractivity contribution in [3.05, 3.63) is 24.3 Å². The van der Waals surface area contributed by atoms with Gasteiger partial charge in [-0.1, -0.05) is 39.0 Å². The van der Waals surface area contributed by atoms with Gasteiger partial charge < -0.3 is 14.6 Å². The second kappa shape index (κ2) is 10.1. The summed E-state index contributed by atoms with van der Waals surface area (Å²) in [5.41, 5.74) is 0. The van der Waals surface area contributed by atoms with E-state index in [2.05, 4.69) is 6.92 Å². The van der Waals surface area contributed by atoms with Crippen molar-refractivity contribution in [1.29, 1.82) is 0 Å². The van der Waals surface area contributed by atoms with Crippen LogP contribution in [-0.4, -0.2) is 23.7 Å². The molecule has 0 saturated heterocycles. The highest BCUT2D eigenvalue weighted by molar-refractivity contribution is 5.80. The Hall–Kier alpha value is -2.04. The van der Waals surface area contributed by atoms with E-state index in [-0.39, 0.29) is 11.9 Å². The molecule has 0 radical (unpaired) electrons. The van der Waals surface area contributed by atoms with Crippen LogP contribution in [-0.2, 0) is 9.59 Å². The lowest BCUT2D eigenvalue weighted by Gasteiger charge is -2.30. The molecular weight excluding hydrogens is 320 g/mol. The van der Waals surface area contributed by atoms with E-state index < -0.39 is 11.9 Å². The van der Waals surface area contributed by atoms with Gasteiger partial charge >= 0.3 is 11.9 Å². The summed E-state index contributed by atoms with van der Waals surface area (Å²) in [6.07, 6.45) is 8.09. The van der Waals surface area contributed by atoms with Gasteiger partial charge in [0.15, 0.2) is 0 Å². The van der Waals surface area contributed by atoms with Gasteiger partial charge in [0.05, 0.1) is 18.4 Å². The Morgan fingerprint density at radius 1 is 0.960 bits per heavy atom. The predicted molar refractivity (Wildman–Crippen MR) is 94.8 cm³/mol. The van der Waals surface area contributed by atoms with Gasteiger partial charge in [-0.2, -0.15) is 0 Å². The fourth-order valence-corrected chi connectivity index (χ4v) is 2.89. The van der Waals surface area contributed by atoms with E-state index >= 15 is 0 Å². The maximum Gasteiger partial charge on any atom is 0.314 e. The molecule has 1 aromatic carbocycles. The van der Waals surface area contributed by atoms with Crippen molar-refractivity contribution >= 4 is 11.9 Å². The predicted octanol–water partition coefficient (Wildman–Crippen LogP) is 4.44. The summed E-state index contributed by atoms with van der Waals surface area (Å²) in [5, 5.41) is 8.83. The van der Waals surface area contributed by atoms with Gasteiger partial charge in [-0.3, -0.25) is 9.59 Å². The second-order valence-corrected chi connectivity index (χ2v) is 6.71. The molecule has 0 amide bonds. The average Bonchev–Trinajstić information content (AvgIpc) is 2.53. The molecule has 0 atom stereocenters. The molecule has 0 spiro atoms. The Balaban J connectivity index is 1.63. The van der Waals surface area contributed by atoms with Gasteiger partial charge in [0.1, 0.15) is 11.5 Å². The number of rotatable bonds is 11. The third kappa shape index (κ3) is 6.40. The zero-order valence-electron chi connectivity index (χ0n) is 14.9. The highest BCUT2D eigenvalue weighted by Crippen LogP contribution is 2.35. The first kappa shape index (κ1) is 19.3. The highest BCUT2D eigenvalue weighted by Gasteiger charge is 2.39. The number of carboxylic acid groups (broad SMARTS) is 1. The van der Waals surface area contributed by atoms with Crippen LogP contribution in [0.2, 0.25) is 0 Å². The van der Waals surface area contributed by atoms with E-state index in [1.165, 1.54) is 32.1 Å². The van der Waals surface area contributed by atoms with Gasteiger partial charge in [0.25, 0.3) is 0 Å². The number of carboxylic acids is 1. The molecule has 1 aliphatic rings. The van der Waals surface area contributed by atoms with Crippen LogP contribution in [0.25, 0.3) is 0 Å². The average molecular weight is 348 g/mol. The quantitative estimate of drug-likeness (QED) is 0.363. The number of hydrogen-bond donors (Lipinski definition) is 1. The minimum atomic E-state index is -0.837. The minimum Gasteiger partial charge on any atom is -0.494 e. The molecule has 0 aliphatic heterocycles. The van der Waals surface area contributed by atoms with Crippen molar-refractivity contribution in [3.63, 3.8) is 0 Å². The number of carbonyl (C=O) groups excluding carboxylic acids is 1. The molecule has 0 aromatic heterocycles. The van der Waals surface area contributed by atoms with Crippen LogP contribution in [0, 0.1) is 11.8 Å². The van der Waals surface area contributed by atoms with Gasteiger partial charge in [-0.15, -0.1) is 0 Å². The minimum absolute atomic E-state index is 0.301. The molecule has 138 valence electrons. The molecule has 1 aromatic rings. The summed E-state index contributed by atoms with van der Waals surface area (Å²) < 4.78 is 11.0. The zero-order valence-corrected chi connectivity index (χ0v) is 14.9. The van der Waals surface area contributed by atoms with E-state index in [9.17, 15) is 9.59 Å². The van der Waals surface area contributed by atoms with Crippen molar-refractivity contribution in [2.24, 2.45) is 11.8 Å². The van der Waals surface area contributed by atoms with E-state index in [1.807, 2.05) is 0 Å². The first-order chi connectivity index (χ1) is 12.1. The summed E-state index contributed by atoms with van der Waals surface area (Å²) in [4.78, 5) is 22.7. The fraction of sp³-hybridized carbons (Fsp3) is 0.600. The van der Waals surface area contributed by atoms with Crippen LogP contribution in [0.3, 0.4) is 0 Å². The van der Waals surface area contributed by atoms with Gasteiger partial charge in [-0.05, 0) is 43.5 Å². The van der Waals surface area contributed by atoms with Crippen LogP contribution in [0.4, 0.5) is 0 Å². The summed E-state index contributed by atoms with van der Waals surface area (Å²) >= 11 is 0. The standard InChI is InChI=1S/C20H28O5/c1-2-3-4-5-6-7-12-24-17-8-10-18(11-9-17)25-20(23)16-13-15(14-16)19(21)22/h8-11,15-16H,2-7,12-14H2,1H3,(H,21,22). The van der Waals surface area contributed by atoms with Crippen LogP contribution in [0.15, 0.2) is 24.3 Å². The third-order valence-corrected chi connectivity index (χ3v) is 4.63. The Morgan fingerprint density at radius 3 is 2.20 bits per heavy atom.